The van der Waals surface area contributed by atoms with Gasteiger partial charge in [-0.25, -0.2) is 9.59 Å². The summed E-state index contributed by atoms with van der Waals surface area (Å²) < 4.78 is 5.28. The van der Waals surface area contributed by atoms with Crippen molar-refractivity contribution in [3.05, 3.63) is 126 Å². The van der Waals surface area contributed by atoms with Gasteiger partial charge in [0.2, 0.25) is 11.8 Å². The number of alkyl carbamates (subject to hydrolysis) is 1. The van der Waals surface area contributed by atoms with Gasteiger partial charge in [-0.15, -0.1) is 0 Å². The minimum atomic E-state index is -0.988. The van der Waals surface area contributed by atoms with Crippen molar-refractivity contribution >= 4 is 58.1 Å². The standard InChI is InChI=1S/C49H62N10O11/c1-31(2)45(56-47(63)37(11-6-7-25-54-57-51)27-43(60)32(3)26-36-18-17-34-10-4-5-14-41(34)36)44(61)28-38(13-9-23-52-48(50)64)46(62)55-39-20-15-33(16-21-39)30-70-49(65)53-24-8-12-35-19-22-40(58(66)67)29-42(35)59(68)69/h4-5,10,14-16,18-22,29,31-32,37-38,45H,6-9,11-13,17,23-28,30H2,1-3H3,(H,53,65)(H,55,62)(H,56,63)(H3,50,52,64)/t32-,37+,38+,45-/m0/s1. The molecule has 5 amide bonds. The normalized spacial score (nSPS) is 13.3. The maximum absolute atomic E-state index is 14.1. The molecule has 4 rings (SSSR count). The Bertz CT molecular complexity index is 2440. The van der Waals surface area contributed by atoms with Crippen LogP contribution in [0.15, 0.2) is 77.9 Å². The van der Waals surface area contributed by atoms with Gasteiger partial charge in [0.15, 0.2) is 5.78 Å². The third-order valence-corrected chi connectivity index (χ3v) is 12.1. The Balaban J connectivity index is 1.35. The molecule has 0 saturated carbocycles. The number of primary amides is 1. The van der Waals surface area contributed by atoms with E-state index in [9.17, 15) is 49.0 Å². The summed E-state index contributed by atoms with van der Waals surface area (Å²) in [4.78, 5) is 103. The molecule has 6 N–H and O–H groups in total. The molecule has 0 heterocycles. The quantitative estimate of drug-likeness (QED) is 0.0106. The number of anilines is 1. The van der Waals surface area contributed by atoms with Gasteiger partial charge in [-0.3, -0.25) is 39.4 Å². The fourth-order valence-corrected chi connectivity index (χ4v) is 8.17. The Labute approximate surface area is 405 Å². The number of amides is 5. The number of carbonyl (C=O) groups is 6. The lowest BCUT2D eigenvalue weighted by molar-refractivity contribution is -0.394. The molecule has 21 nitrogen and oxygen atoms in total. The predicted octanol–water partition coefficient (Wildman–Crippen LogP) is 8.19. The van der Waals surface area contributed by atoms with Crippen LogP contribution in [0, 0.1) is 43.9 Å². The molecule has 0 unspecified atom stereocenters. The van der Waals surface area contributed by atoms with Gasteiger partial charge in [-0.1, -0.05) is 74.8 Å². The summed E-state index contributed by atoms with van der Waals surface area (Å²) >= 11 is 0. The molecule has 3 aromatic rings. The molecule has 4 atom stereocenters. The van der Waals surface area contributed by atoms with Crippen LogP contribution in [0.25, 0.3) is 16.0 Å². The molecule has 0 saturated heterocycles. The number of nitrogens with two attached hydrogens (primary N) is 1. The number of nitro groups is 2. The lowest BCUT2D eigenvalue weighted by Crippen LogP contribution is -2.48. The van der Waals surface area contributed by atoms with E-state index >= 15 is 0 Å². The second kappa shape index (κ2) is 28.0. The molecular weight excluding hydrogens is 905 g/mol. The zero-order valence-corrected chi connectivity index (χ0v) is 39.7. The third kappa shape index (κ3) is 17.8. The van der Waals surface area contributed by atoms with Gasteiger partial charge in [0.25, 0.3) is 11.4 Å². The highest BCUT2D eigenvalue weighted by Gasteiger charge is 2.33. The Morgan fingerprint density at radius 1 is 0.829 bits per heavy atom. The summed E-state index contributed by atoms with van der Waals surface area (Å²) in [6.07, 6.45) is 4.74. The number of unbranched alkanes of at least 4 members (excludes halogenated alkanes) is 1. The minimum Gasteiger partial charge on any atom is -0.445 e. The number of hydrogen-bond donors (Lipinski definition) is 5. The van der Waals surface area contributed by atoms with E-state index in [0.717, 1.165) is 23.6 Å². The van der Waals surface area contributed by atoms with E-state index < -0.39 is 63.1 Å². The molecule has 3 aromatic carbocycles. The number of benzene rings is 3. The van der Waals surface area contributed by atoms with Gasteiger partial charge >= 0.3 is 12.1 Å². The van der Waals surface area contributed by atoms with Gasteiger partial charge in [0.05, 0.1) is 22.0 Å². The monoisotopic (exact) mass is 966 g/mol. The van der Waals surface area contributed by atoms with E-state index in [0.29, 0.717) is 49.8 Å². The Morgan fingerprint density at radius 2 is 1.51 bits per heavy atom. The summed E-state index contributed by atoms with van der Waals surface area (Å²) in [5, 5.41) is 36.8. The van der Waals surface area contributed by atoms with E-state index in [1.165, 1.54) is 17.7 Å². The number of nitro benzene ring substituents is 2. The van der Waals surface area contributed by atoms with E-state index in [-0.39, 0.29) is 80.8 Å². The lowest BCUT2D eigenvalue weighted by Gasteiger charge is -2.26. The van der Waals surface area contributed by atoms with Crippen LogP contribution in [-0.2, 0) is 43.4 Å². The number of Topliss-reactive ketones (excluding diaryl/α,β-unsaturated/α-hetero) is 2. The first-order chi connectivity index (χ1) is 33.5. The van der Waals surface area contributed by atoms with E-state index in [2.05, 4.69) is 43.4 Å². The number of azide groups is 1. The van der Waals surface area contributed by atoms with Crippen LogP contribution < -0.4 is 27.0 Å². The van der Waals surface area contributed by atoms with E-state index in [4.69, 9.17) is 16.0 Å². The molecule has 0 aliphatic heterocycles. The van der Waals surface area contributed by atoms with Crippen molar-refractivity contribution in [3.63, 3.8) is 0 Å². The number of urea groups is 1. The van der Waals surface area contributed by atoms with Crippen molar-refractivity contribution in [2.45, 2.75) is 104 Å². The fourth-order valence-electron chi connectivity index (χ4n) is 8.17. The molecule has 1 aliphatic rings. The number of nitrogens with zero attached hydrogens (tertiary/aromatic N) is 5. The highest BCUT2D eigenvalue weighted by Crippen LogP contribution is 2.33. The molecule has 70 heavy (non-hydrogen) atoms. The van der Waals surface area contributed by atoms with Crippen LogP contribution in [0.5, 0.6) is 0 Å². The topological polar surface area (TPSA) is 321 Å². The number of hydrogen-bond acceptors (Lipinski definition) is 12. The number of ether oxygens (including phenoxy) is 1. The first-order valence-corrected chi connectivity index (χ1v) is 23.4. The zero-order chi connectivity index (χ0) is 51.2. The summed E-state index contributed by atoms with van der Waals surface area (Å²) in [5.41, 5.74) is 17.9. The molecule has 374 valence electrons. The van der Waals surface area contributed by atoms with Crippen molar-refractivity contribution in [1.82, 2.24) is 16.0 Å². The summed E-state index contributed by atoms with van der Waals surface area (Å²) in [6, 6.07) is 16.2. The molecular formula is C49H62N10O11. The third-order valence-electron chi connectivity index (χ3n) is 12.1. The van der Waals surface area contributed by atoms with E-state index in [1.807, 2.05) is 25.1 Å². The van der Waals surface area contributed by atoms with Crippen LogP contribution in [0.2, 0.25) is 0 Å². The predicted molar refractivity (Wildman–Crippen MR) is 261 cm³/mol. The SMILES string of the molecule is CC(C)[C@H](NC(=O)[C@H](CCCCN=[N+]=[N-])CC(=O)[C@@H](C)CC1=CCc2ccccc21)C(=O)C[C@@H](CCCNC(N)=O)C(=O)Nc1ccc(COC(=O)NCCCc2ccc([N+](=O)[O-])cc2[N+](=O)[O-])cc1. The smallest absolute Gasteiger partial charge is 0.407 e. The van der Waals surface area contributed by atoms with Crippen molar-refractivity contribution in [1.29, 1.82) is 0 Å². The maximum Gasteiger partial charge on any atom is 0.407 e. The van der Waals surface area contributed by atoms with Gasteiger partial charge in [-0.05, 0) is 103 Å². The minimum absolute atomic E-state index is 0.0394. The average Bonchev–Trinajstić information content (AvgIpc) is 3.74. The Hall–Kier alpha value is -7.67. The molecule has 0 radical (unpaired) electrons. The first kappa shape index (κ1) is 54.9. The van der Waals surface area contributed by atoms with E-state index in [1.54, 1.807) is 38.1 Å². The molecule has 0 fully saturated rings. The van der Waals surface area contributed by atoms with Crippen LogP contribution in [0.1, 0.15) is 101 Å². The van der Waals surface area contributed by atoms with Crippen molar-refractivity contribution < 1.29 is 43.4 Å². The van der Waals surface area contributed by atoms with Crippen LogP contribution in [0.3, 0.4) is 0 Å². The molecule has 0 spiro atoms. The van der Waals surface area contributed by atoms with Crippen molar-refractivity contribution in [3.8, 4) is 0 Å². The fraction of sp³-hybridized carbons (Fsp3) is 0.469. The number of nitrogens with one attached hydrogen (secondary N) is 4. The number of fused-ring (bicyclic) bond motifs is 1. The van der Waals surface area contributed by atoms with Gasteiger partial charge in [-0.2, -0.15) is 0 Å². The number of non-ortho nitro benzene ring substituents is 1. The number of allylic oxidation sites excluding steroid dienone is 2. The average molecular weight is 967 g/mol. The zero-order valence-electron chi connectivity index (χ0n) is 39.7. The molecule has 0 aromatic heterocycles. The van der Waals surface area contributed by atoms with Crippen LogP contribution in [-0.4, -0.2) is 71.0 Å². The lowest BCUT2D eigenvalue weighted by atomic mass is 9.86. The molecule has 21 heteroatoms. The Morgan fingerprint density at radius 3 is 2.20 bits per heavy atom. The van der Waals surface area contributed by atoms with Crippen LogP contribution in [0.4, 0.5) is 26.7 Å². The summed E-state index contributed by atoms with van der Waals surface area (Å²) in [5.74, 6) is -3.79. The Kier molecular flexibility index (Phi) is 22.0. The van der Waals surface area contributed by atoms with Crippen molar-refractivity contribution in [2.75, 3.05) is 25.0 Å². The number of ketones is 2. The number of aryl methyl sites for hydroxylation is 1. The highest BCUT2D eigenvalue weighted by atomic mass is 16.6. The molecule has 0 bridgehead atoms. The van der Waals surface area contributed by atoms with Gasteiger partial charge in [0.1, 0.15) is 12.4 Å². The highest BCUT2D eigenvalue weighted by molar-refractivity contribution is 5.98. The first-order valence-electron chi connectivity index (χ1n) is 23.4. The number of rotatable bonds is 30. The second-order valence-corrected chi connectivity index (χ2v) is 17.7. The summed E-state index contributed by atoms with van der Waals surface area (Å²) in [6.45, 7) is 5.79. The maximum atomic E-state index is 14.1. The summed E-state index contributed by atoms with van der Waals surface area (Å²) in [7, 11) is 0. The number of carbonyl (C=O) groups excluding carboxylic acids is 6. The van der Waals surface area contributed by atoms with Gasteiger partial charge < -0.3 is 31.7 Å². The molecule has 1 aliphatic carbocycles. The largest absolute Gasteiger partial charge is 0.445 e. The second-order valence-electron chi connectivity index (χ2n) is 17.7. The van der Waals surface area contributed by atoms with Gasteiger partial charge in [0, 0.05) is 72.5 Å². The van der Waals surface area contributed by atoms with Crippen LogP contribution >= 0.6 is 0 Å². The van der Waals surface area contributed by atoms with Crippen molar-refractivity contribution in [2.24, 2.45) is 34.5 Å².